The molecule has 0 fully saturated rings. The standard InChI is InChI=1S/C13H17ClN2O.C2H6/c1-5-9(2)13(15-11(4)14)16-6-10(3)12(7-16)8-17;1-2/h5-7,17H,4,8H2,1-3H3;1-2H3/b9-5-,15-13+;. The number of hydrogen-bond donors (Lipinski definition) is 1. The molecule has 106 valence electrons. The molecule has 1 heterocycles. The number of halogens is 1. The maximum atomic E-state index is 9.18. The molecule has 0 spiro atoms. The van der Waals surface area contributed by atoms with E-state index in [1.165, 1.54) is 0 Å². The second-order valence-corrected chi connectivity index (χ2v) is 4.25. The third-order valence-corrected chi connectivity index (χ3v) is 2.65. The summed E-state index contributed by atoms with van der Waals surface area (Å²) in [5.41, 5.74) is 2.89. The molecular formula is C15H23ClN2O. The number of aliphatic hydroxyl groups excluding tert-OH is 1. The third-order valence-electron chi connectivity index (χ3n) is 2.56. The summed E-state index contributed by atoms with van der Waals surface area (Å²) in [7, 11) is 0. The largest absolute Gasteiger partial charge is 0.392 e. The first-order valence-corrected chi connectivity index (χ1v) is 6.72. The van der Waals surface area contributed by atoms with Gasteiger partial charge in [-0.05, 0) is 37.5 Å². The van der Waals surface area contributed by atoms with Gasteiger partial charge in [-0.25, -0.2) is 4.99 Å². The van der Waals surface area contributed by atoms with Crippen LogP contribution in [0.3, 0.4) is 0 Å². The van der Waals surface area contributed by atoms with Gasteiger partial charge in [0.25, 0.3) is 0 Å². The zero-order valence-corrected chi connectivity index (χ0v) is 13.1. The molecule has 0 saturated carbocycles. The summed E-state index contributed by atoms with van der Waals surface area (Å²) in [5.74, 6) is 0.718. The molecule has 0 aliphatic heterocycles. The van der Waals surface area contributed by atoms with Crippen molar-refractivity contribution in [3.05, 3.63) is 46.9 Å². The van der Waals surface area contributed by atoms with Gasteiger partial charge in [0.05, 0.1) is 6.61 Å². The molecule has 1 aromatic rings. The normalized spacial score (nSPS) is 11.9. The number of aliphatic imine (C=N–C) groups is 1. The van der Waals surface area contributed by atoms with E-state index in [1.54, 1.807) is 0 Å². The maximum absolute atomic E-state index is 9.18. The van der Waals surface area contributed by atoms with Crippen LogP contribution in [0, 0.1) is 6.92 Å². The van der Waals surface area contributed by atoms with Crippen LogP contribution in [0.5, 0.6) is 0 Å². The minimum Gasteiger partial charge on any atom is -0.392 e. The first-order chi connectivity index (χ1) is 8.99. The van der Waals surface area contributed by atoms with Crippen molar-refractivity contribution >= 4 is 17.4 Å². The van der Waals surface area contributed by atoms with Crippen molar-refractivity contribution in [1.82, 2.24) is 4.57 Å². The summed E-state index contributed by atoms with van der Waals surface area (Å²) >= 11 is 5.73. The van der Waals surface area contributed by atoms with Gasteiger partial charge in [-0.15, -0.1) is 0 Å². The number of rotatable bonds is 3. The fourth-order valence-electron chi connectivity index (χ4n) is 1.48. The van der Waals surface area contributed by atoms with Gasteiger partial charge >= 0.3 is 0 Å². The lowest BCUT2D eigenvalue weighted by atomic mass is 10.2. The Balaban J connectivity index is 0.00000154. The number of allylic oxidation sites excluding steroid dienone is 2. The topological polar surface area (TPSA) is 37.5 Å². The molecule has 0 aliphatic carbocycles. The Bertz CT molecular complexity index is 484. The van der Waals surface area contributed by atoms with E-state index in [1.807, 2.05) is 57.7 Å². The number of aryl methyl sites for hydroxylation is 1. The zero-order chi connectivity index (χ0) is 15.0. The van der Waals surface area contributed by atoms with E-state index in [0.717, 1.165) is 22.5 Å². The molecular weight excluding hydrogens is 260 g/mol. The molecule has 0 atom stereocenters. The quantitative estimate of drug-likeness (QED) is 0.503. The summed E-state index contributed by atoms with van der Waals surface area (Å²) in [6.45, 7) is 13.4. The molecule has 0 radical (unpaired) electrons. The van der Waals surface area contributed by atoms with Crippen molar-refractivity contribution < 1.29 is 5.11 Å². The highest BCUT2D eigenvalue weighted by atomic mass is 35.5. The predicted molar refractivity (Wildman–Crippen MR) is 83.7 cm³/mol. The van der Waals surface area contributed by atoms with Crippen LogP contribution in [0.2, 0.25) is 0 Å². The summed E-state index contributed by atoms with van der Waals surface area (Å²) in [4.78, 5) is 4.21. The number of aromatic nitrogens is 1. The van der Waals surface area contributed by atoms with Gasteiger partial charge < -0.3 is 9.67 Å². The van der Waals surface area contributed by atoms with E-state index >= 15 is 0 Å². The fourth-order valence-corrected chi connectivity index (χ4v) is 1.56. The lowest BCUT2D eigenvalue weighted by Crippen LogP contribution is -2.11. The Hall–Kier alpha value is -1.32. The maximum Gasteiger partial charge on any atom is 0.140 e. The minimum atomic E-state index is 0.0167. The first kappa shape index (κ1) is 17.7. The van der Waals surface area contributed by atoms with Crippen LogP contribution in [0.4, 0.5) is 0 Å². The zero-order valence-electron chi connectivity index (χ0n) is 12.4. The van der Waals surface area contributed by atoms with Gasteiger partial charge in [0.2, 0.25) is 0 Å². The molecule has 0 aromatic carbocycles. The molecule has 19 heavy (non-hydrogen) atoms. The molecule has 0 saturated heterocycles. The highest BCUT2D eigenvalue weighted by Crippen LogP contribution is 2.14. The summed E-state index contributed by atoms with van der Waals surface area (Å²) in [6.07, 6.45) is 5.71. The molecule has 0 unspecified atom stereocenters. The number of aliphatic hydroxyl groups is 1. The highest BCUT2D eigenvalue weighted by molar-refractivity contribution is 6.30. The third kappa shape index (κ3) is 5.05. The van der Waals surface area contributed by atoms with Crippen LogP contribution in [-0.4, -0.2) is 15.5 Å². The summed E-state index contributed by atoms with van der Waals surface area (Å²) < 4.78 is 1.85. The van der Waals surface area contributed by atoms with Crippen molar-refractivity contribution in [2.24, 2.45) is 4.99 Å². The second kappa shape index (κ2) is 8.73. The smallest absolute Gasteiger partial charge is 0.140 e. The van der Waals surface area contributed by atoms with Gasteiger partial charge in [0.1, 0.15) is 11.0 Å². The predicted octanol–water partition coefficient (Wildman–Crippen LogP) is 4.24. The van der Waals surface area contributed by atoms with Gasteiger partial charge in [-0.1, -0.05) is 38.1 Å². The average molecular weight is 283 g/mol. The van der Waals surface area contributed by atoms with E-state index in [2.05, 4.69) is 11.6 Å². The van der Waals surface area contributed by atoms with Crippen LogP contribution in [0.15, 0.2) is 40.8 Å². The van der Waals surface area contributed by atoms with Gasteiger partial charge in [-0.3, -0.25) is 0 Å². The van der Waals surface area contributed by atoms with Gasteiger partial charge in [-0.2, -0.15) is 0 Å². The molecule has 1 rings (SSSR count). The van der Waals surface area contributed by atoms with Crippen molar-refractivity contribution in [2.75, 3.05) is 0 Å². The summed E-state index contributed by atoms with van der Waals surface area (Å²) in [5, 5.41) is 9.41. The average Bonchev–Trinajstić information content (AvgIpc) is 2.78. The van der Waals surface area contributed by atoms with Crippen LogP contribution >= 0.6 is 11.6 Å². The molecule has 3 nitrogen and oxygen atoms in total. The van der Waals surface area contributed by atoms with Crippen LogP contribution in [0.25, 0.3) is 0 Å². The van der Waals surface area contributed by atoms with E-state index in [4.69, 9.17) is 11.6 Å². The number of nitrogens with zero attached hydrogens (tertiary/aromatic N) is 2. The van der Waals surface area contributed by atoms with Crippen molar-refractivity contribution in [1.29, 1.82) is 0 Å². The minimum absolute atomic E-state index is 0.0167. The molecule has 4 heteroatoms. The highest BCUT2D eigenvalue weighted by Gasteiger charge is 2.08. The van der Waals surface area contributed by atoms with Gasteiger partial charge in [0, 0.05) is 12.4 Å². The van der Waals surface area contributed by atoms with Crippen molar-refractivity contribution in [3.63, 3.8) is 0 Å². The SMILES string of the molecule is C=C(Cl)/N=C(\C(C)=C/C)n1cc(C)c(CO)c1.CC. The monoisotopic (exact) mass is 282 g/mol. The van der Waals surface area contributed by atoms with Gasteiger partial charge in [0.15, 0.2) is 0 Å². The van der Waals surface area contributed by atoms with E-state index in [0.29, 0.717) is 0 Å². The van der Waals surface area contributed by atoms with Crippen molar-refractivity contribution in [2.45, 2.75) is 41.2 Å². The Morgan fingerprint density at radius 3 is 2.42 bits per heavy atom. The molecule has 0 amide bonds. The molecule has 1 aromatic heterocycles. The Labute approximate surface area is 120 Å². The Morgan fingerprint density at radius 1 is 1.47 bits per heavy atom. The fraction of sp³-hybridized carbons (Fsp3) is 0.400. The second-order valence-electron chi connectivity index (χ2n) is 3.82. The Kier molecular flexibility index (Phi) is 8.12. The molecule has 0 bridgehead atoms. The summed E-state index contributed by atoms with van der Waals surface area (Å²) in [6, 6.07) is 0. The van der Waals surface area contributed by atoms with Crippen LogP contribution < -0.4 is 0 Å². The first-order valence-electron chi connectivity index (χ1n) is 6.34. The van der Waals surface area contributed by atoms with E-state index in [9.17, 15) is 5.11 Å². The molecule has 1 N–H and O–H groups in total. The number of hydrogen-bond acceptors (Lipinski definition) is 2. The van der Waals surface area contributed by atoms with E-state index < -0.39 is 0 Å². The lowest BCUT2D eigenvalue weighted by molar-refractivity contribution is 0.281. The molecule has 0 aliphatic rings. The Morgan fingerprint density at radius 2 is 2.05 bits per heavy atom. The van der Waals surface area contributed by atoms with Crippen LogP contribution in [-0.2, 0) is 6.61 Å². The lowest BCUT2D eigenvalue weighted by Gasteiger charge is -2.07. The van der Waals surface area contributed by atoms with Crippen LogP contribution in [0.1, 0.15) is 38.8 Å². The van der Waals surface area contributed by atoms with E-state index in [-0.39, 0.29) is 11.8 Å². The van der Waals surface area contributed by atoms with Crippen molar-refractivity contribution in [3.8, 4) is 0 Å².